The number of nitrogens with zero attached hydrogens (tertiary/aromatic N) is 2. The van der Waals surface area contributed by atoms with Crippen LogP contribution in [0.1, 0.15) is 18.9 Å². The standard InChI is InChI=1S/C14H19ClN4OS/c1-3-21-13-5-10(4-11(15)18-13)14(7-20-8-14)6-12(17)19(2)9-16/h4-5,9,16-17H,3,6-8H2,1-2H3. The van der Waals surface area contributed by atoms with Crippen LogP contribution in [0.3, 0.4) is 0 Å². The quantitative estimate of drug-likeness (QED) is 0.365. The Bertz CT molecular complexity index is 548. The Morgan fingerprint density at radius 1 is 1.57 bits per heavy atom. The second-order valence-electron chi connectivity index (χ2n) is 5.09. The predicted molar refractivity (Wildman–Crippen MR) is 87.0 cm³/mol. The Morgan fingerprint density at radius 2 is 2.29 bits per heavy atom. The van der Waals surface area contributed by atoms with E-state index in [4.69, 9.17) is 27.2 Å². The topological polar surface area (TPSA) is 73.1 Å². The molecule has 2 N–H and O–H groups in total. The molecule has 0 radical (unpaired) electrons. The molecule has 0 unspecified atom stereocenters. The maximum atomic E-state index is 8.09. The van der Waals surface area contributed by atoms with Crippen LogP contribution in [-0.2, 0) is 10.2 Å². The normalized spacial score (nSPS) is 16.1. The highest BCUT2D eigenvalue weighted by atomic mass is 35.5. The first kappa shape index (κ1) is 16.3. The molecule has 21 heavy (non-hydrogen) atoms. The van der Waals surface area contributed by atoms with Gasteiger partial charge in [-0.2, -0.15) is 0 Å². The Morgan fingerprint density at radius 3 is 2.81 bits per heavy atom. The molecule has 0 amide bonds. The molecule has 114 valence electrons. The second-order valence-corrected chi connectivity index (χ2v) is 6.76. The molecule has 2 rings (SSSR count). The summed E-state index contributed by atoms with van der Waals surface area (Å²) in [4.78, 5) is 5.82. The number of aromatic nitrogens is 1. The lowest BCUT2D eigenvalue weighted by Crippen LogP contribution is -2.49. The molecule has 0 aliphatic carbocycles. The molecule has 7 heteroatoms. The molecule has 0 bridgehead atoms. The summed E-state index contributed by atoms with van der Waals surface area (Å²) in [6.07, 6.45) is 1.67. The average Bonchev–Trinajstić information content (AvgIpc) is 2.41. The third kappa shape index (κ3) is 3.56. The summed E-state index contributed by atoms with van der Waals surface area (Å²) >= 11 is 7.78. The maximum absolute atomic E-state index is 8.09. The second kappa shape index (κ2) is 6.77. The zero-order valence-electron chi connectivity index (χ0n) is 12.1. The summed E-state index contributed by atoms with van der Waals surface area (Å²) in [6.45, 7) is 3.21. The van der Waals surface area contributed by atoms with Crippen molar-refractivity contribution in [2.45, 2.75) is 23.8 Å². The van der Waals surface area contributed by atoms with Crippen LogP contribution in [0.4, 0.5) is 0 Å². The van der Waals surface area contributed by atoms with Gasteiger partial charge in [0.15, 0.2) is 0 Å². The van der Waals surface area contributed by atoms with Crippen molar-refractivity contribution in [3.05, 3.63) is 22.8 Å². The summed E-state index contributed by atoms with van der Waals surface area (Å²) in [5.74, 6) is 1.33. The van der Waals surface area contributed by atoms with Crippen molar-refractivity contribution < 1.29 is 4.74 Å². The smallest absolute Gasteiger partial charge is 0.130 e. The SMILES string of the molecule is CCSc1cc(C2(CC(=N)N(C)C=N)COC2)cc(Cl)n1. The van der Waals surface area contributed by atoms with E-state index in [0.29, 0.717) is 30.6 Å². The Hall–Kier alpha value is -1.11. The molecular formula is C14H19ClN4OS. The monoisotopic (exact) mass is 326 g/mol. The van der Waals surface area contributed by atoms with Crippen LogP contribution < -0.4 is 0 Å². The van der Waals surface area contributed by atoms with Crippen molar-refractivity contribution in [2.24, 2.45) is 0 Å². The molecule has 1 aliphatic rings. The van der Waals surface area contributed by atoms with Crippen LogP contribution in [0, 0.1) is 10.8 Å². The van der Waals surface area contributed by atoms with Gasteiger partial charge in [-0.05, 0) is 23.4 Å². The van der Waals surface area contributed by atoms with Crippen LogP contribution in [0.15, 0.2) is 17.2 Å². The van der Waals surface area contributed by atoms with E-state index in [0.717, 1.165) is 22.7 Å². The fourth-order valence-electron chi connectivity index (χ4n) is 2.24. The molecule has 0 saturated carbocycles. The van der Waals surface area contributed by atoms with Gasteiger partial charge in [-0.25, -0.2) is 4.98 Å². The first-order valence-corrected chi connectivity index (χ1v) is 8.06. The lowest BCUT2D eigenvalue weighted by atomic mass is 9.75. The molecule has 1 aromatic heterocycles. The van der Waals surface area contributed by atoms with E-state index >= 15 is 0 Å². The highest BCUT2D eigenvalue weighted by Gasteiger charge is 2.42. The van der Waals surface area contributed by atoms with Gasteiger partial charge in [0.1, 0.15) is 11.0 Å². The summed E-state index contributed by atoms with van der Waals surface area (Å²) in [5.41, 5.74) is 0.831. The van der Waals surface area contributed by atoms with Crippen LogP contribution in [0.25, 0.3) is 0 Å². The zero-order valence-corrected chi connectivity index (χ0v) is 13.7. The van der Waals surface area contributed by atoms with Crippen molar-refractivity contribution in [2.75, 3.05) is 26.0 Å². The first-order valence-electron chi connectivity index (χ1n) is 6.70. The first-order chi connectivity index (χ1) is 10.0. The fraction of sp³-hybridized carbons (Fsp3) is 0.500. The number of hydrogen-bond donors (Lipinski definition) is 2. The fourth-order valence-corrected chi connectivity index (χ4v) is 3.17. The van der Waals surface area contributed by atoms with Crippen molar-refractivity contribution in [3.8, 4) is 0 Å². The summed E-state index contributed by atoms with van der Waals surface area (Å²) in [7, 11) is 1.71. The van der Waals surface area contributed by atoms with E-state index in [1.165, 1.54) is 4.90 Å². The van der Waals surface area contributed by atoms with Gasteiger partial charge in [-0.1, -0.05) is 18.5 Å². The molecular weight excluding hydrogens is 308 g/mol. The van der Waals surface area contributed by atoms with E-state index in [1.807, 2.05) is 12.1 Å². The van der Waals surface area contributed by atoms with E-state index in [1.54, 1.807) is 18.8 Å². The van der Waals surface area contributed by atoms with Crippen molar-refractivity contribution in [1.82, 2.24) is 9.88 Å². The summed E-state index contributed by atoms with van der Waals surface area (Å²) in [6, 6.07) is 3.90. The molecule has 0 spiro atoms. The molecule has 1 fully saturated rings. The minimum absolute atomic E-state index is 0.232. The highest BCUT2D eigenvalue weighted by Crippen LogP contribution is 2.38. The van der Waals surface area contributed by atoms with Crippen LogP contribution in [-0.4, -0.2) is 48.1 Å². The maximum Gasteiger partial charge on any atom is 0.130 e. The lowest BCUT2D eigenvalue weighted by Gasteiger charge is -2.42. The van der Waals surface area contributed by atoms with Crippen molar-refractivity contribution >= 4 is 35.5 Å². The number of ether oxygens (including phenoxy) is 1. The van der Waals surface area contributed by atoms with Crippen molar-refractivity contribution in [3.63, 3.8) is 0 Å². The van der Waals surface area contributed by atoms with Gasteiger partial charge in [0.25, 0.3) is 0 Å². The molecule has 1 saturated heterocycles. The number of amidine groups is 1. The molecule has 1 aliphatic heterocycles. The number of nitrogens with one attached hydrogen (secondary N) is 2. The van der Waals surface area contributed by atoms with Gasteiger partial charge in [0.05, 0.1) is 24.6 Å². The number of thioether (sulfide) groups is 1. The van der Waals surface area contributed by atoms with E-state index < -0.39 is 0 Å². The van der Waals surface area contributed by atoms with Crippen LogP contribution in [0.5, 0.6) is 0 Å². The third-order valence-corrected chi connectivity index (χ3v) is 4.54. The molecule has 2 heterocycles. The van der Waals surface area contributed by atoms with Crippen LogP contribution in [0.2, 0.25) is 5.15 Å². The van der Waals surface area contributed by atoms with E-state index in [2.05, 4.69) is 11.9 Å². The summed E-state index contributed by atoms with van der Waals surface area (Å²) < 4.78 is 5.40. The van der Waals surface area contributed by atoms with Gasteiger partial charge in [0.2, 0.25) is 0 Å². The molecule has 0 atom stereocenters. The number of hydrogen-bond acceptors (Lipinski definition) is 5. The third-order valence-electron chi connectivity index (χ3n) is 3.56. The van der Waals surface area contributed by atoms with Gasteiger partial charge in [-0.3, -0.25) is 10.8 Å². The van der Waals surface area contributed by atoms with E-state index in [-0.39, 0.29) is 5.41 Å². The Balaban J connectivity index is 2.28. The predicted octanol–water partition coefficient (Wildman–Crippen LogP) is 3.02. The largest absolute Gasteiger partial charge is 0.379 e. The Kier molecular flexibility index (Phi) is 5.24. The molecule has 0 aromatic carbocycles. The zero-order chi connectivity index (χ0) is 15.5. The lowest BCUT2D eigenvalue weighted by molar-refractivity contribution is -0.0572. The van der Waals surface area contributed by atoms with Crippen molar-refractivity contribution in [1.29, 1.82) is 10.8 Å². The van der Waals surface area contributed by atoms with Gasteiger partial charge in [-0.15, -0.1) is 11.8 Å². The van der Waals surface area contributed by atoms with Gasteiger partial charge >= 0.3 is 0 Å². The minimum Gasteiger partial charge on any atom is -0.379 e. The highest BCUT2D eigenvalue weighted by molar-refractivity contribution is 7.99. The number of rotatable bonds is 6. The van der Waals surface area contributed by atoms with E-state index in [9.17, 15) is 0 Å². The molecule has 1 aromatic rings. The number of halogens is 1. The van der Waals surface area contributed by atoms with Gasteiger partial charge < -0.3 is 9.64 Å². The number of pyridine rings is 1. The average molecular weight is 327 g/mol. The van der Waals surface area contributed by atoms with Crippen LogP contribution >= 0.6 is 23.4 Å². The Labute approximate surface area is 134 Å². The molecule has 5 nitrogen and oxygen atoms in total. The minimum atomic E-state index is -0.232. The van der Waals surface area contributed by atoms with Gasteiger partial charge in [0, 0.05) is 18.9 Å². The summed E-state index contributed by atoms with van der Waals surface area (Å²) in [5, 5.41) is 16.7.